The summed E-state index contributed by atoms with van der Waals surface area (Å²) in [6.45, 7) is 0.541. The summed E-state index contributed by atoms with van der Waals surface area (Å²) in [5.74, 6) is 1.33. The van der Waals surface area contributed by atoms with Gasteiger partial charge in [-0.1, -0.05) is 12.1 Å². The van der Waals surface area contributed by atoms with Gasteiger partial charge in [0, 0.05) is 25.1 Å². The molecule has 6 nitrogen and oxygen atoms in total. The van der Waals surface area contributed by atoms with Crippen molar-refractivity contribution in [2.24, 2.45) is 5.73 Å². The predicted molar refractivity (Wildman–Crippen MR) is 83.9 cm³/mol. The fraction of sp³-hybridized carbons (Fsp3) is 0.357. The second kappa shape index (κ2) is 7.68. The third kappa shape index (κ3) is 5.11. The average molecular weight is 306 g/mol. The van der Waals surface area contributed by atoms with Crippen molar-refractivity contribution >= 4 is 34.6 Å². The van der Waals surface area contributed by atoms with Crippen molar-refractivity contribution in [2.45, 2.75) is 12.8 Å². The van der Waals surface area contributed by atoms with Crippen molar-refractivity contribution < 1.29 is 9.59 Å². The highest BCUT2D eigenvalue weighted by Crippen LogP contribution is 2.10. The van der Waals surface area contributed by atoms with E-state index in [2.05, 4.69) is 15.3 Å². The summed E-state index contributed by atoms with van der Waals surface area (Å²) in [6.07, 6.45) is 1.05. The third-order valence-electron chi connectivity index (χ3n) is 2.84. The van der Waals surface area contributed by atoms with Crippen LogP contribution in [0.2, 0.25) is 0 Å². The normalized spacial score (nSPS) is 10.7. The summed E-state index contributed by atoms with van der Waals surface area (Å²) < 4.78 is 0. The zero-order chi connectivity index (χ0) is 15.1. The van der Waals surface area contributed by atoms with Gasteiger partial charge in [-0.3, -0.25) is 9.59 Å². The van der Waals surface area contributed by atoms with Crippen molar-refractivity contribution in [2.75, 3.05) is 18.1 Å². The Morgan fingerprint density at radius 3 is 2.90 bits per heavy atom. The van der Waals surface area contributed by atoms with Crippen LogP contribution in [-0.4, -0.2) is 39.8 Å². The quantitative estimate of drug-likeness (QED) is 0.629. The molecule has 0 atom stereocenters. The summed E-state index contributed by atoms with van der Waals surface area (Å²) >= 11 is 1.37. The van der Waals surface area contributed by atoms with Crippen LogP contribution < -0.4 is 11.1 Å². The third-order valence-corrected chi connectivity index (χ3v) is 3.82. The number of rotatable bonds is 8. The maximum absolute atomic E-state index is 11.6. The molecule has 112 valence electrons. The lowest BCUT2D eigenvalue weighted by Gasteiger charge is -2.03. The Balaban J connectivity index is 1.66. The van der Waals surface area contributed by atoms with Gasteiger partial charge in [-0.25, -0.2) is 4.98 Å². The number of nitrogens with one attached hydrogen (secondary N) is 2. The number of primary amides is 1. The molecule has 4 N–H and O–H groups in total. The van der Waals surface area contributed by atoms with Gasteiger partial charge >= 0.3 is 0 Å². The summed E-state index contributed by atoms with van der Waals surface area (Å²) in [5, 5.41) is 2.84. The molecule has 0 aliphatic heterocycles. The minimum absolute atomic E-state index is 0.0249. The van der Waals surface area contributed by atoms with Crippen LogP contribution in [0.4, 0.5) is 0 Å². The van der Waals surface area contributed by atoms with E-state index >= 15 is 0 Å². The Morgan fingerprint density at radius 2 is 2.14 bits per heavy atom. The van der Waals surface area contributed by atoms with Crippen molar-refractivity contribution in [3.63, 3.8) is 0 Å². The Labute approximate surface area is 126 Å². The number of nitrogens with two attached hydrogens (primary N) is 1. The molecular formula is C14H18N4O2S. The fourth-order valence-electron chi connectivity index (χ4n) is 1.87. The van der Waals surface area contributed by atoms with Gasteiger partial charge in [0.05, 0.1) is 16.8 Å². The molecule has 0 unspecified atom stereocenters. The Kier molecular flexibility index (Phi) is 5.62. The van der Waals surface area contributed by atoms with Crippen LogP contribution in [0.1, 0.15) is 12.2 Å². The van der Waals surface area contributed by atoms with E-state index in [1.165, 1.54) is 11.8 Å². The van der Waals surface area contributed by atoms with Crippen LogP contribution in [0.25, 0.3) is 11.0 Å². The standard InChI is InChI=1S/C14H18N4O2S/c15-12(19)9-21-8-6-14(20)16-7-5-13-17-10-3-1-2-4-11(10)18-13/h1-4H,5-9H2,(H2,15,19)(H,16,20)(H,17,18). The number of H-pyrrole nitrogens is 1. The van der Waals surface area contributed by atoms with E-state index < -0.39 is 0 Å². The topological polar surface area (TPSA) is 101 Å². The number of aromatic nitrogens is 2. The van der Waals surface area contributed by atoms with Gasteiger partial charge in [0.15, 0.2) is 0 Å². The van der Waals surface area contributed by atoms with Crippen LogP contribution in [0, 0.1) is 0 Å². The van der Waals surface area contributed by atoms with Crippen molar-refractivity contribution in [3.8, 4) is 0 Å². The molecule has 21 heavy (non-hydrogen) atoms. The number of carbonyl (C=O) groups is 2. The Bertz CT molecular complexity index is 593. The minimum Gasteiger partial charge on any atom is -0.369 e. The van der Waals surface area contributed by atoms with Crippen LogP contribution >= 0.6 is 11.8 Å². The number of carbonyl (C=O) groups excluding carboxylic acids is 2. The molecule has 0 aliphatic carbocycles. The molecule has 2 rings (SSSR count). The van der Waals surface area contributed by atoms with Crippen molar-refractivity contribution in [1.82, 2.24) is 15.3 Å². The highest BCUT2D eigenvalue weighted by atomic mass is 32.2. The highest BCUT2D eigenvalue weighted by Gasteiger charge is 2.04. The van der Waals surface area contributed by atoms with Gasteiger partial charge in [-0.05, 0) is 12.1 Å². The van der Waals surface area contributed by atoms with E-state index in [0.717, 1.165) is 16.9 Å². The summed E-state index contributed by atoms with van der Waals surface area (Å²) in [7, 11) is 0. The zero-order valence-corrected chi connectivity index (χ0v) is 12.4. The minimum atomic E-state index is -0.356. The van der Waals surface area contributed by atoms with E-state index in [1.807, 2.05) is 24.3 Å². The molecule has 0 bridgehead atoms. The van der Waals surface area contributed by atoms with E-state index in [9.17, 15) is 9.59 Å². The molecule has 1 aromatic heterocycles. The molecule has 1 heterocycles. The van der Waals surface area contributed by atoms with Crippen LogP contribution in [0.3, 0.4) is 0 Å². The summed E-state index contributed by atoms with van der Waals surface area (Å²) in [4.78, 5) is 29.8. The van der Waals surface area contributed by atoms with E-state index in [0.29, 0.717) is 25.1 Å². The largest absolute Gasteiger partial charge is 0.369 e. The lowest BCUT2D eigenvalue weighted by atomic mass is 10.3. The number of fused-ring (bicyclic) bond motifs is 1. The van der Waals surface area contributed by atoms with E-state index in [1.54, 1.807) is 0 Å². The molecule has 0 radical (unpaired) electrons. The lowest BCUT2D eigenvalue weighted by Crippen LogP contribution is -2.26. The molecule has 1 aromatic carbocycles. The average Bonchev–Trinajstić information content (AvgIpc) is 2.86. The predicted octanol–water partition coefficient (Wildman–Crippen LogP) is 0.830. The fourth-order valence-corrected chi connectivity index (χ4v) is 2.55. The number of hydrogen-bond donors (Lipinski definition) is 3. The first-order chi connectivity index (χ1) is 10.1. The SMILES string of the molecule is NC(=O)CSCCC(=O)NCCc1nc2ccccc2[nH]1. The van der Waals surface area contributed by atoms with Crippen molar-refractivity contribution in [3.05, 3.63) is 30.1 Å². The smallest absolute Gasteiger partial charge is 0.227 e. The molecule has 7 heteroatoms. The maximum atomic E-state index is 11.6. The van der Waals surface area contributed by atoms with Crippen LogP contribution in [0.5, 0.6) is 0 Å². The first kappa shape index (κ1) is 15.4. The van der Waals surface area contributed by atoms with Gasteiger partial charge in [0.2, 0.25) is 11.8 Å². The summed E-state index contributed by atoms with van der Waals surface area (Å²) in [6, 6.07) is 7.82. The highest BCUT2D eigenvalue weighted by molar-refractivity contribution is 7.99. The second-order valence-electron chi connectivity index (χ2n) is 4.57. The van der Waals surface area contributed by atoms with Gasteiger partial charge in [-0.15, -0.1) is 0 Å². The van der Waals surface area contributed by atoms with E-state index in [-0.39, 0.29) is 17.6 Å². The number of amides is 2. The van der Waals surface area contributed by atoms with Crippen LogP contribution in [-0.2, 0) is 16.0 Å². The zero-order valence-electron chi connectivity index (χ0n) is 11.6. The molecule has 2 amide bonds. The number of para-hydroxylation sites is 2. The number of thioether (sulfide) groups is 1. The summed E-state index contributed by atoms with van der Waals surface area (Å²) in [5.41, 5.74) is 6.95. The monoisotopic (exact) mass is 306 g/mol. The second-order valence-corrected chi connectivity index (χ2v) is 5.67. The molecule has 2 aromatic rings. The Hall–Kier alpha value is -2.02. The van der Waals surface area contributed by atoms with Gasteiger partial charge in [0.1, 0.15) is 5.82 Å². The Morgan fingerprint density at radius 1 is 1.33 bits per heavy atom. The molecule has 0 spiro atoms. The number of hydrogen-bond acceptors (Lipinski definition) is 4. The molecule has 0 aliphatic rings. The maximum Gasteiger partial charge on any atom is 0.227 e. The first-order valence-corrected chi connectivity index (χ1v) is 7.87. The van der Waals surface area contributed by atoms with Gasteiger partial charge < -0.3 is 16.0 Å². The van der Waals surface area contributed by atoms with Crippen LogP contribution in [0.15, 0.2) is 24.3 Å². The van der Waals surface area contributed by atoms with Gasteiger partial charge in [-0.2, -0.15) is 11.8 Å². The number of aromatic amines is 1. The molecule has 0 saturated carbocycles. The molecule has 0 fully saturated rings. The first-order valence-electron chi connectivity index (χ1n) is 6.71. The van der Waals surface area contributed by atoms with Gasteiger partial charge in [0.25, 0.3) is 0 Å². The molecular weight excluding hydrogens is 288 g/mol. The van der Waals surface area contributed by atoms with Crippen molar-refractivity contribution in [1.29, 1.82) is 0 Å². The van der Waals surface area contributed by atoms with E-state index in [4.69, 9.17) is 5.73 Å². The molecule has 0 saturated heterocycles. The number of benzene rings is 1. The number of nitrogens with zero attached hydrogens (tertiary/aromatic N) is 1. The lowest BCUT2D eigenvalue weighted by molar-refractivity contribution is -0.120. The number of imidazole rings is 1.